The Morgan fingerprint density at radius 2 is 1.24 bits per heavy atom. The number of fused-ring (bicyclic) bond motifs is 1. The van der Waals surface area contributed by atoms with Gasteiger partial charge < -0.3 is 67.8 Å². The summed E-state index contributed by atoms with van der Waals surface area (Å²) in [5, 5.41) is 32.0. The van der Waals surface area contributed by atoms with Crippen LogP contribution in [0.4, 0.5) is 10.5 Å². The second-order valence-electron chi connectivity index (χ2n) is 28.7. The van der Waals surface area contributed by atoms with E-state index in [1.165, 1.54) is 22.9 Å². The zero-order valence-electron chi connectivity index (χ0n) is 65.8. The van der Waals surface area contributed by atoms with E-state index < -0.39 is 73.3 Å². The summed E-state index contributed by atoms with van der Waals surface area (Å²) in [7, 11) is 4.38. The molecule has 7 aromatic carbocycles. The molecule has 3 saturated heterocycles. The molecule has 0 bridgehead atoms. The number of hydrogen-bond donors (Lipinski definition) is 4. The molecule has 28 heteroatoms. The molecule has 0 aliphatic carbocycles. The van der Waals surface area contributed by atoms with Crippen molar-refractivity contribution in [1.82, 2.24) is 35.1 Å². The van der Waals surface area contributed by atoms with Crippen molar-refractivity contribution in [3.8, 4) is 29.1 Å². The van der Waals surface area contributed by atoms with Crippen molar-refractivity contribution in [3.63, 3.8) is 0 Å². The number of nitrogens with one attached hydrogen (secondary N) is 4. The van der Waals surface area contributed by atoms with Crippen LogP contribution in [0.25, 0.3) is 0 Å². The molecule has 3 aliphatic heterocycles. The van der Waals surface area contributed by atoms with Crippen molar-refractivity contribution in [2.45, 2.75) is 170 Å². The molecule has 3 aliphatic rings. The van der Waals surface area contributed by atoms with Crippen LogP contribution >= 0.6 is 20.3 Å². The monoisotopic (exact) mass is 1600 g/mol. The zero-order valence-corrected chi connectivity index (χ0v) is 67.5. The van der Waals surface area contributed by atoms with Crippen LogP contribution in [0.2, 0.25) is 0 Å². The molecule has 11 rings (SSSR count). The number of amides is 4. The standard InChI is InChI=1S/C86H102N9O17PS/c1-57(2)94(58(3)4)113(110-51-21-48-87)112-80-74(54-109-86(64-24-15-11-16-25-64,65-34-42-69(105-8)43-35-65)66-36-44-70(106-9)45-37-66)111-82(92-50-47-78(98)90-83(92)99)81(80)108-56-107-59(5)71-52-60(29-46-72(71)95(101)102)53-89-77(97)27-17-12-20-49-88-76(96)28-19-18-26-75-79-73(55-114-75)93(84(100)91-79)85(61-22-13-10-14-23-61,62-30-38-67(103-6)39-31-62)63-32-40-68(104-7)41-33-63/h10-11,13-16,22-25,29-47,50,52,57-59,73-75,79-82H,12,17-21,26-28,49,51,53-56H2,1-9H3,(H,88,96)(H,89,97)(H,91,100)(H,90,98,99)/t59?,73-,74+,75-,79-,80+,81+,82+,113?/m0/s1. The fourth-order valence-corrected chi connectivity index (χ4v) is 18.8. The van der Waals surface area contributed by atoms with Gasteiger partial charge in [0.2, 0.25) is 11.8 Å². The van der Waals surface area contributed by atoms with Gasteiger partial charge in [-0.15, -0.1) is 0 Å². The number of ether oxygens (including phenoxy) is 8. The number of unbranched alkanes of at least 4 members (excludes halogenated alkanes) is 3. The summed E-state index contributed by atoms with van der Waals surface area (Å²) in [6.07, 6.45) is 0.301. The number of aromatic nitrogens is 2. The van der Waals surface area contributed by atoms with E-state index in [4.69, 9.17) is 46.9 Å². The van der Waals surface area contributed by atoms with Crippen LogP contribution in [0.3, 0.4) is 0 Å². The number of hydrogen-bond acceptors (Lipinski definition) is 20. The molecule has 3 fully saturated rings. The molecule has 2 unspecified atom stereocenters. The minimum atomic E-state index is -2.06. The first-order valence-electron chi connectivity index (χ1n) is 38.6. The maximum atomic E-state index is 14.6. The molecule has 114 heavy (non-hydrogen) atoms. The van der Waals surface area contributed by atoms with Gasteiger partial charge in [-0.3, -0.25) is 34.0 Å². The van der Waals surface area contributed by atoms with Crippen molar-refractivity contribution in [3.05, 3.63) is 264 Å². The Bertz CT molecular complexity index is 4530. The SMILES string of the molecule is COc1ccc(C(OC[C@H]2O[C@@H](n3ccc(=O)[nH]c3=O)[C@H](OCOC(C)c3cc(CNC(=O)CCCCCNC(=O)CCCC[C@@H]4SC[C@H]5[C@@H]4NC(=O)N5C(c4ccccc4)(c4ccc(OC)cc4)c4ccc(OC)cc4)ccc3[N+](=O)[O-])[C@@H]2OP(OCCC#N)N(C(C)C)C(C)C)(c2ccccc2)c2ccc(OC)cc2)cc1. The molecule has 9 atom stereocenters. The van der Waals surface area contributed by atoms with Gasteiger partial charge in [0, 0.05) is 67.3 Å². The van der Waals surface area contributed by atoms with Gasteiger partial charge in [-0.25, -0.2) is 14.3 Å². The number of methoxy groups -OCH3 is 4. The Morgan fingerprint density at radius 1 is 0.693 bits per heavy atom. The van der Waals surface area contributed by atoms with E-state index in [1.54, 1.807) is 47.5 Å². The third-order valence-corrected chi connectivity index (χ3v) is 24.6. The topological polar surface area (TPSA) is 308 Å². The summed E-state index contributed by atoms with van der Waals surface area (Å²) in [6.45, 7) is 9.34. The molecule has 0 radical (unpaired) electrons. The van der Waals surface area contributed by atoms with Crippen LogP contribution in [-0.2, 0) is 55.3 Å². The van der Waals surface area contributed by atoms with Crippen molar-refractivity contribution in [2.24, 2.45) is 0 Å². The molecule has 1 aromatic heterocycles. The third kappa shape index (κ3) is 19.8. The van der Waals surface area contributed by atoms with Crippen LogP contribution in [-0.4, -0.2) is 150 Å². The minimum absolute atomic E-state index is 0.00871. The molecule has 4 amide bonds. The summed E-state index contributed by atoms with van der Waals surface area (Å²) in [5.41, 5.74) is 1.67. The number of nitrogens with zero attached hydrogens (tertiary/aromatic N) is 5. The maximum Gasteiger partial charge on any atom is 0.330 e. The van der Waals surface area contributed by atoms with Crippen LogP contribution in [0.5, 0.6) is 23.0 Å². The van der Waals surface area contributed by atoms with E-state index in [9.17, 15) is 39.3 Å². The molecule has 0 spiro atoms. The van der Waals surface area contributed by atoms with Gasteiger partial charge >= 0.3 is 11.7 Å². The number of aromatic amines is 1. The van der Waals surface area contributed by atoms with Gasteiger partial charge in [-0.05, 0) is 154 Å². The number of thioether (sulfide) groups is 1. The number of carbonyl (C=O) groups excluding carboxylic acids is 3. The van der Waals surface area contributed by atoms with E-state index in [0.717, 1.165) is 40.8 Å². The number of nitro groups is 1. The minimum Gasteiger partial charge on any atom is -0.497 e. The average molecular weight is 1600 g/mol. The van der Waals surface area contributed by atoms with Crippen LogP contribution < -0.4 is 46.1 Å². The molecular formula is C86H102N9O17PS. The lowest BCUT2D eigenvalue weighted by Gasteiger charge is -2.45. The number of H-pyrrole nitrogens is 1. The van der Waals surface area contributed by atoms with E-state index in [2.05, 4.69) is 39.1 Å². The Labute approximate surface area is 670 Å². The van der Waals surface area contributed by atoms with Crippen molar-refractivity contribution in [1.29, 1.82) is 5.26 Å². The fraction of sp³-hybridized carbons (Fsp3) is 0.419. The molecule has 604 valence electrons. The highest BCUT2D eigenvalue weighted by molar-refractivity contribution is 8.00. The third-order valence-electron chi connectivity index (χ3n) is 21.0. The van der Waals surface area contributed by atoms with Crippen LogP contribution in [0, 0.1) is 21.4 Å². The summed E-state index contributed by atoms with van der Waals surface area (Å²) in [4.78, 5) is 84.4. The van der Waals surface area contributed by atoms with Gasteiger partial charge in [-0.2, -0.15) is 17.0 Å². The summed E-state index contributed by atoms with van der Waals surface area (Å²) in [6, 6.07) is 57.8. The van der Waals surface area contributed by atoms with Crippen molar-refractivity contribution >= 4 is 43.8 Å². The lowest BCUT2D eigenvalue weighted by molar-refractivity contribution is -0.386. The Balaban J connectivity index is 0.706. The first-order valence-corrected chi connectivity index (χ1v) is 40.7. The van der Waals surface area contributed by atoms with Gasteiger partial charge in [0.1, 0.15) is 59.2 Å². The van der Waals surface area contributed by atoms with Gasteiger partial charge in [0.25, 0.3) is 19.8 Å². The second kappa shape index (κ2) is 40.3. The second-order valence-corrected chi connectivity index (χ2v) is 31.4. The van der Waals surface area contributed by atoms with Gasteiger partial charge in [-0.1, -0.05) is 128 Å². The van der Waals surface area contributed by atoms with E-state index in [0.29, 0.717) is 78.3 Å². The number of benzene rings is 7. The fourth-order valence-electron chi connectivity index (χ4n) is 15.4. The van der Waals surface area contributed by atoms with E-state index in [1.807, 2.05) is 195 Å². The first-order chi connectivity index (χ1) is 55.3. The Morgan fingerprint density at radius 3 is 1.79 bits per heavy atom. The Kier molecular flexibility index (Phi) is 30.1. The molecule has 4 heterocycles. The molecule has 26 nitrogen and oxygen atoms in total. The summed E-state index contributed by atoms with van der Waals surface area (Å²) in [5.74, 6) is 3.13. The van der Waals surface area contributed by atoms with Crippen LogP contribution in [0.15, 0.2) is 198 Å². The van der Waals surface area contributed by atoms with Crippen molar-refractivity contribution in [2.75, 3.05) is 60.7 Å². The highest BCUT2D eigenvalue weighted by Crippen LogP contribution is 2.53. The number of carbonyl (C=O) groups is 3. The van der Waals surface area contributed by atoms with Crippen molar-refractivity contribution < 1.29 is 66.2 Å². The van der Waals surface area contributed by atoms with E-state index >= 15 is 0 Å². The lowest BCUT2D eigenvalue weighted by atomic mass is 9.74. The predicted octanol–water partition coefficient (Wildman–Crippen LogP) is 13.9. The highest BCUT2D eigenvalue weighted by atomic mass is 32.2. The summed E-state index contributed by atoms with van der Waals surface area (Å²) >= 11 is 1.86. The number of nitriles is 1. The number of urea groups is 1. The lowest BCUT2D eigenvalue weighted by Crippen LogP contribution is -2.53. The largest absolute Gasteiger partial charge is 0.497 e. The average Bonchev–Trinajstić information content (AvgIpc) is 1.50. The van der Waals surface area contributed by atoms with Gasteiger partial charge in [0.05, 0.1) is 82.8 Å². The Hall–Kier alpha value is -9.98. The highest BCUT2D eigenvalue weighted by Gasteiger charge is 2.58. The smallest absolute Gasteiger partial charge is 0.330 e. The molecule has 0 saturated carbocycles. The molecular weight excluding hydrogens is 1490 g/mol. The zero-order chi connectivity index (χ0) is 80.9. The first kappa shape index (κ1) is 84.9. The van der Waals surface area contributed by atoms with E-state index in [-0.39, 0.29) is 91.1 Å². The predicted molar refractivity (Wildman–Crippen MR) is 434 cm³/mol. The quantitative estimate of drug-likeness (QED) is 0.00525. The molecule has 8 aromatic rings. The number of nitro benzene ring substituents is 1. The van der Waals surface area contributed by atoms with Crippen LogP contribution in [0.1, 0.15) is 149 Å². The molecule has 4 N–H and O–H groups in total. The van der Waals surface area contributed by atoms with Gasteiger partial charge in [0.15, 0.2) is 6.23 Å². The normalized spacial score (nSPS) is 18.6. The number of rotatable bonds is 42. The summed E-state index contributed by atoms with van der Waals surface area (Å²) < 4.78 is 66.8. The maximum absolute atomic E-state index is 14.6.